The highest BCUT2D eigenvalue weighted by Crippen LogP contribution is 2.11. The second kappa shape index (κ2) is 8.77. The molecular formula is C16H23N. The molecule has 0 saturated carbocycles. The largest absolute Gasteiger partial charge is 0.317 e. The minimum absolute atomic E-state index is 1.17. The van der Waals surface area contributed by atoms with E-state index in [0.29, 0.717) is 0 Å². The Morgan fingerprint density at radius 3 is 1.35 bits per heavy atom. The second-order valence-corrected chi connectivity index (χ2v) is 4.10. The lowest BCUT2D eigenvalue weighted by atomic mass is 10.1. The average Bonchev–Trinajstić information content (AvgIpc) is 2.40. The Bertz CT molecular complexity index is 339. The molecule has 0 bridgehead atoms. The number of rotatable bonds is 4. The van der Waals surface area contributed by atoms with E-state index in [9.17, 15) is 0 Å². The molecule has 0 aromatic heterocycles. The zero-order valence-corrected chi connectivity index (χ0v) is 10.9. The van der Waals surface area contributed by atoms with Crippen LogP contribution in [0.25, 0.3) is 10.8 Å². The van der Waals surface area contributed by atoms with Crippen molar-refractivity contribution in [2.75, 3.05) is 13.1 Å². The van der Waals surface area contributed by atoms with Gasteiger partial charge in [0.1, 0.15) is 0 Å². The molecule has 0 aliphatic heterocycles. The molecule has 1 N–H and O–H groups in total. The number of nitrogens with one attached hydrogen (secondary N) is 1. The van der Waals surface area contributed by atoms with E-state index in [1.54, 1.807) is 0 Å². The molecule has 0 fully saturated rings. The summed E-state index contributed by atoms with van der Waals surface area (Å²) < 4.78 is 0. The molecule has 1 heteroatoms. The van der Waals surface area contributed by atoms with Crippen LogP contribution in [0.2, 0.25) is 0 Å². The molecule has 2 aromatic carbocycles. The molecule has 0 radical (unpaired) electrons. The summed E-state index contributed by atoms with van der Waals surface area (Å²) in [4.78, 5) is 0. The van der Waals surface area contributed by atoms with E-state index >= 15 is 0 Å². The summed E-state index contributed by atoms with van der Waals surface area (Å²) in [5, 5.41) is 5.91. The van der Waals surface area contributed by atoms with E-state index in [2.05, 4.69) is 67.7 Å². The van der Waals surface area contributed by atoms with Crippen LogP contribution in [-0.2, 0) is 0 Å². The number of hydrogen-bond donors (Lipinski definition) is 1. The lowest BCUT2D eigenvalue weighted by Gasteiger charge is -1.95. The summed E-state index contributed by atoms with van der Waals surface area (Å²) in [5.74, 6) is 0. The lowest BCUT2D eigenvalue weighted by Crippen LogP contribution is -2.14. The lowest BCUT2D eigenvalue weighted by molar-refractivity contribution is 0.662. The maximum absolute atomic E-state index is 3.28. The molecule has 0 aliphatic rings. The molecule has 0 heterocycles. The molecule has 92 valence electrons. The van der Waals surface area contributed by atoms with Crippen LogP contribution in [-0.4, -0.2) is 13.1 Å². The number of hydrogen-bond acceptors (Lipinski definition) is 1. The summed E-state index contributed by atoms with van der Waals surface area (Å²) in [6.45, 7) is 6.72. The van der Waals surface area contributed by atoms with Crippen LogP contribution in [0.5, 0.6) is 0 Å². The highest BCUT2D eigenvalue weighted by atomic mass is 14.8. The van der Waals surface area contributed by atoms with Crippen molar-refractivity contribution in [1.29, 1.82) is 0 Å². The molecule has 0 saturated heterocycles. The molecule has 0 aliphatic carbocycles. The van der Waals surface area contributed by atoms with Crippen molar-refractivity contribution in [1.82, 2.24) is 5.32 Å². The Balaban J connectivity index is 0.000000185. The van der Waals surface area contributed by atoms with Gasteiger partial charge in [-0.15, -0.1) is 0 Å². The van der Waals surface area contributed by atoms with Gasteiger partial charge in [-0.2, -0.15) is 0 Å². The first-order valence-electron chi connectivity index (χ1n) is 6.53. The van der Waals surface area contributed by atoms with E-state index in [1.807, 2.05) is 0 Å². The van der Waals surface area contributed by atoms with E-state index in [0.717, 1.165) is 0 Å². The van der Waals surface area contributed by atoms with Gasteiger partial charge >= 0.3 is 0 Å². The third-order valence-corrected chi connectivity index (χ3v) is 2.51. The van der Waals surface area contributed by atoms with Crippen LogP contribution in [0.1, 0.15) is 26.7 Å². The zero-order valence-electron chi connectivity index (χ0n) is 10.9. The molecule has 0 atom stereocenters. The van der Waals surface area contributed by atoms with Crippen molar-refractivity contribution in [3.8, 4) is 0 Å². The van der Waals surface area contributed by atoms with E-state index < -0.39 is 0 Å². The average molecular weight is 229 g/mol. The van der Waals surface area contributed by atoms with Gasteiger partial charge in [-0.25, -0.2) is 0 Å². The Labute approximate surface area is 105 Å². The third kappa shape index (κ3) is 5.50. The zero-order chi connectivity index (χ0) is 12.3. The summed E-state index contributed by atoms with van der Waals surface area (Å²) >= 11 is 0. The first-order chi connectivity index (χ1) is 8.38. The summed E-state index contributed by atoms with van der Waals surface area (Å²) in [6.07, 6.45) is 2.50. The molecule has 17 heavy (non-hydrogen) atoms. The van der Waals surface area contributed by atoms with Crippen molar-refractivity contribution in [3.63, 3.8) is 0 Å². The summed E-state index contributed by atoms with van der Waals surface area (Å²) in [7, 11) is 0. The first kappa shape index (κ1) is 13.7. The van der Waals surface area contributed by atoms with Crippen molar-refractivity contribution < 1.29 is 0 Å². The molecule has 2 aromatic rings. The van der Waals surface area contributed by atoms with Gasteiger partial charge in [0.25, 0.3) is 0 Å². The Kier molecular flexibility index (Phi) is 7.08. The van der Waals surface area contributed by atoms with Gasteiger partial charge in [0.15, 0.2) is 0 Å². The van der Waals surface area contributed by atoms with Crippen molar-refractivity contribution >= 4 is 10.8 Å². The van der Waals surface area contributed by atoms with Gasteiger partial charge in [-0.1, -0.05) is 62.4 Å². The standard InChI is InChI=1S/C10H8.C6H15N/c1-2-6-10-8-4-3-7-9(10)5-1;1-3-5-7-6-4-2/h1-8H;7H,3-6H2,1-2H3. The summed E-state index contributed by atoms with van der Waals surface area (Å²) in [6, 6.07) is 16.7. The Morgan fingerprint density at radius 2 is 1.06 bits per heavy atom. The predicted molar refractivity (Wildman–Crippen MR) is 77.4 cm³/mol. The van der Waals surface area contributed by atoms with Gasteiger partial charge in [-0.3, -0.25) is 0 Å². The van der Waals surface area contributed by atoms with Gasteiger partial charge < -0.3 is 5.32 Å². The van der Waals surface area contributed by atoms with Crippen molar-refractivity contribution in [2.24, 2.45) is 0 Å². The second-order valence-electron chi connectivity index (χ2n) is 4.10. The first-order valence-corrected chi connectivity index (χ1v) is 6.53. The van der Waals surface area contributed by atoms with Crippen LogP contribution >= 0.6 is 0 Å². The fraction of sp³-hybridized carbons (Fsp3) is 0.375. The fourth-order valence-corrected chi connectivity index (χ4v) is 1.61. The van der Waals surface area contributed by atoms with E-state index in [1.165, 1.54) is 36.7 Å². The maximum Gasteiger partial charge on any atom is -0.00516 e. The Hall–Kier alpha value is -1.34. The van der Waals surface area contributed by atoms with Gasteiger partial charge in [0, 0.05) is 0 Å². The van der Waals surface area contributed by atoms with Gasteiger partial charge in [0.05, 0.1) is 0 Å². The molecule has 0 unspecified atom stereocenters. The molecule has 2 rings (SSSR count). The normalized spacial score (nSPS) is 9.76. The van der Waals surface area contributed by atoms with E-state index in [4.69, 9.17) is 0 Å². The molecule has 1 nitrogen and oxygen atoms in total. The minimum atomic E-state index is 1.17. The Morgan fingerprint density at radius 1 is 0.706 bits per heavy atom. The van der Waals surface area contributed by atoms with Crippen LogP contribution in [0.15, 0.2) is 48.5 Å². The molecular weight excluding hydrogens is 206 g/mol. The van der Waals surface area contributed by atoms with Gasteiger partial charge in [0.2, 0.25) is 0 Å². The third-order valence-electron chi connectivity index (χ3n) is 2.51. The van der Waals surface area contributed by atoms with Crippen molar-refractivity contribution in [3.05, 3.63) is 48.5 Å². The topological polar surface area (TPSA) is 12.0 Å². The molecule has 0 spiro atoms. The molecule has 0 amide bonds. The SMILES string of the molecule is CCCNCCC.c1ccc2ccccc2c1. The number of fused-ring (bicyclic) bond motifs is 1. The highest BCUT2D eigenvalue weighted by molar-refractivity contribution is 5.81. The van der Waals surface area contributed by atoms with Crippen LogP contribution < -0.4 is 5.32 Å². The fourth-order valence-electron chi connectivity index (χ4n) is 1.61. The quantitative estimate of drug-likeness (QED) is 0.773. The smallest absolute Gasteiger partial charge is 0.00516 e. The highest BCUT2D eigenvalue weighted by Gasteiger charge is 1.85. The van der Waals surface area contributed by atoms with Gasteiger partial charge in [-0.05, 0) is 36.7 Å². The monoisotopic (exact) mass is 229 g/mol. The predicted octanol–water partition coefficient (Wildman–Crippen LogP) is 4.24. The van der Waals surface area contributed by atoms with Crippen LogP contribution in [0.4, 0.5) is 0 Å². The summed E-state index contributed by atoms with van der Waals surface area (Å²) in [5.41, 5.74) is 0. The number of benzene rings is 2. The van der Waals surface area contributed by atoms with Crippen LogP contribution in [0.3, 0.4) is 0 Å². The van der Waals surface area contributed by atoms with E-state index in [-0.39, 0.29) is 0 Å². The maximum atomic E-state index is 3.28. The van der Waals surface area contributed by atoms with Crippen LogP contribution in [0, 0.1) is 0 Å². The minimum Gasteiger partial charge on any atom is -0.317 e. The van der Waals surface area contributed by atoms with Crippen molar-refractivity contribution in [2.45, 2.75) is 26.7 Å².